The van der Waals surface area contributed by atoms with Gasteiger partial charge in [0.25, 0.3) is 5.91 Å². The molecule has 1 atom stereocenters. The zero-order chi connectivity index (χ0) is 21.4. The summed E-state index contributed by atoms with van der Waals surface area (Å²) in [6.45, 7) is 1.37. The van der Waals surface area contributed by atoms with Crippen LogP contribution in [-0.4, -0.2) is 43.6 Å². The monoisotopic (exact) mass is 439 g/mol. The summed E-state index contributed by atoms with van der Waals surface area (Å²) in [7, 11) is 1.51. The predicted octanol–water partition coefficient (Wildman–Crippen LogP) is 3.85. The highest BCUT2D eigenvalue weighted by Crippen LogP contribution is 2.40. The molecule has 7 nitrogen and oxygen atoms in total. The number of carbonyl (C=O) groups is 1. The van der Waals surface area contributed by atoms with Crippen molar-refractivity contribution < 1.29 is 23.4 Å². The molecular weight excluding hydrogens is 418 g/mol. The number of rotatable bonds is 3. The Bertz CT molecular complexity index is 1210. The molecule has 3 aromatic rings. The number of fused-ring (bicyclic) bond motifs is 2. The van der Waals surface area contributed by atoms with Gasteiger partial charge in [-0.3, -0.25) is 4.79 Å². The third-order valence-corrected chi connectivity index (χ3v) is 6.90. The highest BCUT2D eigenvalue weighted by molar-refractivity contribution is 7.99. The number of benzene rings is 2. The van der Waals surface area contributed by atoms with E-state index < -0.39 is 5.63 Å². The zero-order valence-corrected chi connectivity index (χ0v) is 17.8. The summed E-state index contributed by atoms with van der Waals surface area (Å²) in [5.41, 5.74) is 0.903. The average molecular weight is 439 g/mol. The molecule has 3 heterocycles. The second-order valence-corrected chi connectivity index (χ2v) is 8.69. The van der Waals surface area contributed by atoms with Gasteiger partial charge in [0.15, 0.2) is 22.8 Å². The molecule has 8 heteroatoms. The van der Waals surface area contributed by atoms with Crippen molar-refractivity contribution in [3.05, 3.63) is 64.0 Å². The van der Waals surface area contributed by atoms with Gasteiger partial charge in [-0.25, -0.2) is 4.79 Å². The van der Waals surface area contributed by atoms with E-state index in [1.54, 1.807) is 40.9 Å². The number of amides is 1. The first-order valence-corrected chi connectivity index (χ1v) is 11.1. The number of methoxy groups -OCH3 is 1. The molecule has 2 aromatic carbocycles. The molecule has 0 saturated carbocycles. The zero-order valence-electron chi connectivity index (χ0n) is 17.0. The van der Waals surface area contributed by atoms with Crippen LogP contribution < -0.4 is 19.8 Å². The molecule has 2 aliphatic rings. The van der Waals surface area contributed by atoms with Gasteiger partial charge in [0.1, 0.15) is 5.56 Å². The predicted molar refractivity (Wildman–Crippen MR) is 117 cm³/mol. The van der Waals surface area contributed by atoms with Crippen molar-refractivity contribution >= 4 is 28.6 Å². The Hall–Kier alpha value is -3.13. The molecule has 0 spiro atoms. The van der Waals surface area contributed by atoms with Gasteiger partial charge < -0.3 is 23.5 Å². The summed E-state index contributed by atoms with van der Waals surface area (Å²) >= 11 is 1.80. The maximum absolute atomic E-state index is 13.2. The molecule has 0 aliphatic carbocycles. The molecule has 5 rings (SSSR count). The molecule has 0 bridgehead atoms. The molecule has 0 radical (unpaired) electrons. The Morgan fingerprint density at radius 2 is 2.00 bits per heavy atom. The van der Waals surface area contributed by atoms with E-state index in [0.717, 1.165) is 29.2 Å². The van der Waals surface area contributed by atoms with Gasteiger partial charge >= 0.3 is 5.63 Å². The van der Waals surface area contributed by atoms with Crippen molar-refractivity contribution in [1.82, 2.24) is 4.90 Å². The summed E-state index contributed by atoms with van der Waals surface area (Å²) in [6.07, 6.45) is 0.781. The normalized spacial score (nSPS) is 18.1. The lowest BCUT2D eigenvalue weighted by molar-refractivity contribution is 0.0762. The van der Waals surface area contributed by atoms with Gasteiger partial charge in [0.05, 0.1) is 7.11 Å². The highest BCUT2D eigenvalue weighted by atomic mass is 32.2. The van der Waals surface area contributed by atoms with E-state index in [9.17, 15) is 9.59 Å². The van der Waals surface area contributed by atoms with E-state index in [2.05, 4.69) is 0 Å². The van der Waals surface area contributed by atoms with Crippen molar-refractivity contribution in [3.8, 4) is 17.2 Å². The standard InChI is InChI=1S/C23H21NO6S/c1-27-18-4-2-3-15-11-16(23(26)30-21(15)18)22(25)24-8-7-20(31-10-9-24)14-5-6-17-19(12-14)29-13-28-17/h2-6,11-12,20H,7-10,13H2,1H3. The first-order chi connectivity index (χ1) is 15.1. The minimum Gasteiger partial charge on any atom is -0.493 e. The second kappa shape index (κ2) is 8.19. The molecule has 1 amide bonds. The van der Waals surface area contributed by atoms with Gasteiger partial charge in [-0.15, -0.1) is 0 Å². The van der Waals surface area contributed by atoms with Crippen LogP contribution in [0.1, 0.15) is 27.6 Å². The fourth-order valence-electron chi connectivity index (χ4n) is 3.95. The highest BCUT2D eigenvalue weighted by Gasteiger charge is 2.26. The lowest BCUT2D eigenvalue weighted by atomic mass is 10.1. The van der Waals surface area contributed by atoms with Crippen molar-refractivity contribution in [2.24, 2.45) is 0 Å². The molecule has 1 saturated heterocycles. The molecule has 160 valence electrons. The Morgan fingerprint density at radius 3 is 2.87 bits per heavy atom. The average Bonchev–Trinajstić information content (AvgIpc) is 3.12. The van der Waals surface area contributed by atoms with E-state index in [0.29, 0.717) is 29.8 Å². The molecule has 1 unspecified atom stereocenters. The topological polar surface area (TPSA) is 78.2 Å². The van der Waals surface area contributed by atoms with Crippen molar-refractivity contribution in [1.29, 1.82) is 0 Å². The number of thioether (sulfide) groups is 1. The molecule has 1 fully saturated rings. The first-order valence-electron chi connectivity index (χ1n) is 10.1. The number of para-hydroxylation sites is 1. The molecule has 31 heavy (non-hydrogen) atoms. The molecule has 0 N–H and O–H groups in total. The van der Waals surface area contributed by atoms with Crippen LogP contribution in [0.15, 0.2) is 51.7 Å². The number of carbonyl (C=O) groups excluding carboxylic acids is 1. The van der Waals surface area contributed by atoms with Crippen molar-refractivity contribution in [3.63, 3.8) is 0 Å². The summed E-state index contributed by atoms with van der Waals surface area (Å²) in [5, 5.41) is 0.898. The van der Waals surface area contributed by atoms with Gasteiger partial charge in [-0.05, 0) is 36.2 Å². The maximum Gasteiger partial charge on any atom is 0.349 e. The smallest absolute Gasteiger partial charge is 0.349 e. The van der Waals surface area contributed by atoms with E-state index in [4.69, 9.17) is 18.6 Å². The van der Waals surface area contributed by atoms with Crippen LogP contribution in [0.3, 0.4) is 0 Å². The Kier molecular flexibility index (Phi) is 5.23. The quantitative estimate of drug-likeness (QED) is 0.574. The van der Waals surface area contributed by atoms with Crippen LogP contribution >= 0.6 is 11.8 Å². The Morgan fingerprint density at radius 1 is 1.13 bits per heavy atom. The lowest BCUT2D eigenvalue weighted by Gasteiger charge is -2.20. The Balaban J connectivity index is 1.36. The SMILES string of the molecule is COc1cccc2cc(C(=O)N3CCSC(c4ccc5c(c4)OCO5)CC3)c(=O)oc12. The van der Waals surface area contributed by atoms with Crippen LogP contribution in [0.5, 0.6) is 17.2 Å². The summed E-state index contributed by atoms with van der Waals surface area (Å²) in [5.74, 6) is 2.47. The lowest BCUT2D eigenvalue weighted by Crippen LogP contribution is -2.35. The Labute approximate surface area is 182 Å². The minimum atomic E-state index is -0.647. The van der Waals surface area contributed by atoms with Crippen molar-refractivity contribution in [2.45, 2.75) is 11.7 Å². The maximum atomic E-state index is 13.2. The van der Waals surface area contributed by atoms with Crippen LogP contribution in [-0.2, 0) is 0 Å². The molecule has 1 aromatic heterocycles. The van der Waals surface area contributed by atoms with Gasteiger partial charge in [-0.1, -0.05) is 18.2 Å². The number of hydrogen-bond acceptors (Lipinski definition) is 7. The fraction of sp³-hybridized carbons (Fsp3) is 0.304. The number of ether oxygens (including phenoxy) is 3. The minimum absolute atomic E-state index is 0.0484. The number of nitrogens with zero attached hydrogens (tertiary/aromatic N) is 1. The second-order valence-electron chi connectivity index (χ2n) is 7.38. The van der Waals surface area contributed by atoms with Crippen LogP contribution in [0, 0.1) is 0 Å². The number of hydrogen-bond donors (Lipinski definition) is 0. The van der Waals surface area contributed by atoms with Gasteiger partial charge in [0, 0.05) is 29.5 Å². The van der Waals surface area contributed by atoms with E-state index in [1.807, 2.05) is 18.2 Å². The molecule has 2 aliphatic heterocycles. The van der Waals surface area contributed by atoms with Crippen LogP contribution in [0.25, 0.3) is 11.0 Å². The fourth-order valence-corrected chi connectivity index (χ4v) is 5.17. The van der Waals surface area contributed by atoms with Crippen LogP contribution in [0.4, 0.5) is 0 Å². The van der Waals surface area contributed by atoms with Gasteiger partial charge in [-0.2, -0.15) is 11.8 Å². The third-order valence-electron chi connectivity index (χ3n) is 5.57. The van der Waals surface area contributed by atoms with E-state index in [1.165, 1.54) is 7.11 Å². The van der Waals surface area contributed by atoms with Crippen molar-refractivity contribution in [2.75, 3.05) is 32.7 Å². The van der Waals surface area contributed by atoms with Crippen LogP contribution in [0.2, 0.25) is 0 Å². The molecular formula is C23H21NO6S. The summed E-state index contributed by atoms with van der Waals surface area (Å²) in [4.78, 5) is 27.5. The largest absolute Gasteiger partial charge is 0.493 e. The first kappa shape index (κ1) is 19.8. The summed E-state index contributed by atoms with van der Waals surface area (Å²) in [6, 6.07) is 12.9. The van der Waals surface area contributed by atoms with Gasteiger partial charge in [0.2, 0.25) is 6.79 Å². The van der Waals surface area contributed by atoms with E-state index in [-0.39, 0.29) is 23.5 Å². The summed E-state index contributed by atoms with van der Waals surface area (Å²) < 4.78 is 21.6. The van der Waals surface area contributed by atoms with E-state index >= 15 is 0 Å². The third kappa shape index (κ3) is 3.72.